The van der Waals surface area contributed by atoms with Gasteiger partial charge in [-0.25, -0.2) is 8.42 Å². The summed E-state index contributed by atoms with van der Waals surface area (Å²) in [5.41, 5.74) is 0. The molecule has 0 N–H and O–H groups in total. The van der Waals surface area contributed by atoms with Gasteiger partial charge in [0.25, 0.3) is 0 Å². The Morgan fingerprint density at radius 2 is 1.21 bits per heavy atom. The molecule has 0 aromatic rings. The third-order valence-corrected chi connectivity index (χ3v) is 5.66. The second-order valence-electron chi connectivity index (χ2n) is 8.05. The molecular formula is C23H45KO4S. The topological polar surface area (TPSA) is 66.4 Å². The summed E-state index contributed by atoms with van der Waals surface area (Å²) in [4.78, 5) is 0. The Labute approximate surface area is 224 Å². The molecule has 1 unspecified atom stereocenters. The summed E-state index contributed by atoms with van der Waals surface area (Å²) >= 11 is 0. The van der Waals surface area contributed by atoms with Crippen LogP contribution in [0.2, 0.25) is 0 Å². The first-order valence-corrected chi connectivity index (χ1v) is 13.1. The van der Waals surface area contributed by atoms with Crippen molar-refractivity contribution in [2.24, 2.45) is 5.92 Å². The average Bonchev–Trinajstić information content (AvgIpc) is 2.65. The zero-order chi connectivity index (χ0) is 20.9. The molecule has 0 rings (SSSR count). The molecule has 0 heterocycles. The van der Waals surface area contributed by atoms with E-state index in [0.717, 1.165) is 25.7 Å². The molecule has 0 aliphatic heterocycles. The average molecular weight is 457 g/mol. The van der Waals surface area contributed by atoms with E-state index < -0.39 is 10.4 Å². The SMILES string of the molecule is CCCCC/C=C/C(CCCCCCCCCCCCCC)COS(=O)(=O)[O-].[K+]. The van der Waals surface area contributed by atoms with Crippen molar-refractivity contribution in [2.45, 2.75) is 123 Å². The Morgan fingerprint density at radius 3 is 1.69 bits per heavy atom. The molecule has 0 fully saturated rings. The van der Waals surface area contributed by atoms with Crippen LogP contribution >= 0.6 is 0 Å². The molecule has 4 nitrogen and oxygen atoms in total. The third-order valence-electron chi connectivity index (χ3n) is 5.24. The van der Waals surface area contributed by atoms with Gasteiger partial charge in [0.2, 0.25) is 10.4 Å². The van der Waals surface area contributed by atoms with Crippen molar-refractivity contribution in [3.63, 3.8) is 0 Å². The van der Waals surface area contributed by atoms with E-state index in [0.29, 0.717) is 0 Å². The van der Waals surface area contributed by atoms with Gasteiger partial charge >= 0.3 is 51.4 Å². The van der Waals surface area contributed by atoms with Gasteiger partial charge < -0.3 is 4.55 Å². The molecule has 29 heavy (non-hydrogen) atoms. The molecule has 0 bridgehead atoms. The van der Waals surface area contributed by atoms with E-state index >= 15 is 0 Å². The number of hydrogen-bond acceptors (Lipinski definition) is 4. The Kier molecular flexibility index (Phi) is 26.7. The zero-order valence-corrected chi connectivity index (χ0v) is 23.4. The number of unbranched alkanes of at least 4 members (excludes halogenated alkanes) is 14. The van der Waals surface area contributed by atoms with E-state index in [2.05, 4.69) is 24.1 Å². The van der Waals surface area contributed by atoms with Crippen molar-refractivity contribution in [2.75, 3.05) is 6.61 Å². The molecular weight excluding hydrogens is 411 g/mol. The Morgan fingerprint density at radius 1 is 0.759 bits per heavy atom. The van der Waals surface area contributed by atoms with Crippen molar-refractivity contribution >= 4 is 10.4 Å². The molecule has 168 valence electrons. The maximum Gasteiger partial charge on any atom is 1.00 e. The molecule has 0 aromatic carbocycles. The van der Waals surface area contributed by atoms with Gasteiger partial charge in [0.1, 0.15) is 0 Å². The van der Waals surface area contributed by atoms with E-state index in [4.69, 9.17) is 0 Å². The first-order valence-electron chi connectivity index (χ1n) is 11.8. The molecule has 1 atom stereocenters. The second-order valence-corrected chi connectivity index (χ2v) is 9.11. The molecule has 0 saturated heterocycles. The van der Waals surface area contributed by atoms with Crippen LogP contribution in [0.1, 0.15) is 123 Å². The summed E-state index contributed by atoms with van der Waals surface area (Å²) in [5, 5.41) is 0. The summed E-state index contributed by atoms with van der Waals surface area (Å²) in [5.74, 6) is 0.0217. The minimum Gasteiger partial charge on any atom is -0.726 e. The predicted molar refractivity (Wildman–Crippen MR) is 118 cm³/mol. The zero-order valence-electron chi connectivity index (χ0n) is 19.5. The summed E-state index contributed by atoms with van der Waals surface area (Å²) in [7, 11) is -4.60. The predicted octanol–water partition coefficient (Wildman–Crippen LogP) is 4.31. The first kappa shape index (κ1) is 32.4. The Hall–Kier alpha value is 1.25. The van der Waals surface area contributed by atoms with Crippen LogP contribution in [0.25, 0.3) is 0 Å². The molecule has 0 aliphatic rings. The Balaban J connectivity index is 0. The van der Waals surface area contributed by atoms with Gasteiger partial charge in [-0.05, 0) is 19.3 Å². The minimum absolute atomic E-state index is 0. The van der Waals surface area contributed by atoms with E-state index in [1.807, 2.05) is 6.08 Å². The van der Waals surface area contributed by atoms with E-state index in [9.17, 15) is 13.0 Å². The van der Waals surface area contributed by atoms with E-state index in [-0.39, 0.29) is 63.9 Å². The maximum absolute atomic E-state index is 10.7. The smallest absolute Gasteiger partial charge is 0.726 e. The third kappa shape index (κ3) is 27.2. The monoisotopic (exact) mass is 456 g/mol. The summed E-state index contributed by atoms with van der Waals surface area (Å²) in [6, 6.07) is 0. The van der Waals surface area contributed by atoms with Gasteiger partial charge in [-0.15, -0.1) is 0 Å². The van der Waals surface area contributed by atoms with Gasteiger partial charge in [0, 0.05) is 5.92 Å². The molecule has 6 heteroatoms. The summed E-state index contributed by atoms with van der Waals surface area (Å²) < 4.78 is 36.7. The molecule has 0 amide bonds. The van der Waals surface area contributed by atoms with Crippen LogP contribution in [0.4, 0.5) is 0 Å². The van der Waals surface area contributed by atoms with E-state index in [1.54, 1.807) is 0 Å². The summed E-state index contributed by atoms with van der Waals surface area (Å²) in [6.07, 6.45) is 25.3. The number of allylic oxidation sites excluding steroid dienone is 1. The van der Waals surface area contributed by atoms with Gasteiger partial charge in [0.15, 0.2) is 0 Å². The van der Waals surface area contributed by atoms with Gasteiger partial charge in [-0.2, -0.15) is 0 Å². The largest absolute Gasteiger partial charge is 1.00 e. The fourth-order valence-electron chi connectivity index (χ4n) is 3.45. The van der Waals surface area contributed by atoms with Crippen LogP contribution in [0, 0.1) is 5.92 Å². The molecule has 0 aliphatic carbocycles. The van der Waals surface area contributed by atoms with Crippen LogP contribution in [-0.4, -0.2) is 19.6 Å². The van der Waals surface area contributed by atoms with E-state index in [1.165, 1.54) is 83.5 Å². The van der Waals surface area contributed by atoms with Gasteiger partial charge in [0.05, 0.1) is 6.61 Å². The van der Waals surface area contributed by atoms with Gasteiger partial charge in [-0.1, -0.05) is 116 Å². The van der Waals surface area contributed by atoms with Crippen molar-refractivity contribution in [3.8, 4) is 0 Å². The maximum atomic E-state index is 10.7. The Bertz CT molecular complexity index is 452. The quantitative estimate of drug-likeness (QED) is 0.0848. The second kappa shape index (κ2) is 23.9. The molecule has 0 spiro atoms. The molecule has 0 saturated carbocycles. The molecule has 0 aromatic heterocycles. The van der Waals surface area contributed by atoms with Crippen molar-refractivity contribution in [1.82, 2.24) is 0 Å². The molecule has 0 radical (unpaired) electrons. The van der Waals surface area contributed by atoms with Crippen molar-refractivity contribution in [1.29, 1.82) is 0 Å². The van der Waals surface area contributed by atoms with Gasteiger partial charge in [-0.3, -0.25) is 4.18 Å². The van der Waals surface area contributed by atoms with Crippen LogP contribution in [-0.2, 0) is 14.6 Å². The number of hydrogen-bond donors (Lipinski definition) is 0. The van der Waals surface area contributed by atoms with Crippen LogP contribution in [0.5, 0.6) is 0 Å². The number of rotatable bonds is 21. The van der Waals surface area contributed by atoms with Crippen LogP contribution < -0.4 is 51.4 Å². The minimum atomic E-state index is -4.60. The van der Waals surface area contributed by atoms with Crippen LogP contribution in [0.3, 0.4) is 0 Å². The van der Waals surface area contributed by atoms with Crippen LogP contribution in [0.15, 0.2) is 12.2 Å². The van der Waals surface area contributed by atoms with Crippen molar-refractivity contribution < 1.29 is 68.5 Å². The fourth-order valence-corrected chi connectivity index (χ4v) is 3.80. The normalized spacial score (nSPS) is 12.9. The summed E-state index contributed by atoms with van der Waals surface area (Å²) in [6.45, 7) is 4.41. The van der Waals surface area contributed by atoms with Crippen molar-refractivity contribution in [3.05, 3.63) is 12.2 Å². The first-order chi connectivity index (χ1) is 13.5. The fraction of sp³-hybridized carbons (Fsp3) is 0.913. The standard InChI is InChI=1S/C23H46O4S.K/c1-3-5-7-9-10-11-12-13-14-15-17-19-21-23(22-27-28(24,25)26)20-18-16-8-6-4-2;/h18,20,23H,3-17,19,21-22H2,1-2H3,(H,24,25,26);/q;+1/p-1/b20-18+;.